The van der Waals surface area contributed by atoms with Crippen molar-refractivity contribution >= 4 is 0 Å². The fourth-order valence-corrected chi connectivity index (χ4v) is 0.664. The van der Waals surface area contributed by atoms with Crippen LogP contribution in [0.1, 0.15) is 13.3 Å². The molecule has 0 unspecified atom stereocenters. The predicted octanol–water partition coefficient (Wildman–Crippen LogP) is -0.395. The first kappa shape index (κ1) is 8.88. The highest BCUT2D eigenvalue weighted by Crippen LogP contribution is 1.94. The van der Waals surface area contributed by atoms with Crippen molar-refractivity contribution in [3.05, 3.63) is 0 Å². The average Bonchev–Trinajstić information content (AvgIpc) is 1.87. The zero-order valence-electron chi connectivity index (χ0n) is 6.17. The Labute approximate surface area is 56.5 Å². The molecule has 0 aromatic heterocycles. The van der Waals surface area contributed by atoms with Crippen LogP contribution in [0.2, 0.25) is 0 Å². The summed E-state index contributed by atoms with van der Waals surface area (Å²) < 4.78 is 0. The Bertz CT molecular complexity index is 68.1. The van der Waals surface area contributed by atoms with Crippen molar-refractivity contribution in [1.82, 2.24) is 4.90 Å². The van der Waals surface area contributed by atoms with Gasteiger partial charge in [0.25, 0.3) is 0 Å². The van der Waals surface area contributed by atoms with E-state index in [0.717, 1.165) is 13.0 Å². The number of nitrogens with two attached hydrogens (primary N) is 1. The maximum Gasteiger partial charge on any atom is 0.106 e. The van der Waals surface area contributed by atoms with Gasteiger partial charge in [0.05, 0.1) is 0 Å². The maximum absolute atomic E-state index is 9.13. The first-order valence-electron chi connectivity index (χ1n) is 3.30. The molecule has 0 spiro atoms. The smallest absolute Gasteiger partial charge is 0.106 e. The van der Waals surface area contributed by atoms with Gasteiger partial charge in [0, 0.05) is 13.1 Å². The fraction of sp³-hybridized carbons (Fsp3) is 1.00. The van der Waals surface area contributed by atoms with Crippen LogP contribution >= 0.6 is 0 Å². The second-order valence-electron chi connectivity index (χ2n) is 2.16. The number of rotatable bonds is 4. The van der Waals surface area contributed by atoms with Gasteiger partial charge in [-0.25, -0.2) is 0 Å². The Morgan fingerprint density at radius 2 is 2.22 bits per heavy atom. The maximum atomic E-state index is 9.13. The monoisotopic (exact) mass is 132 g/mol. The van der Waals surface area contributed by atoms with Crippen molar-refractivity contribution < 1.29 is 5.11 Å². The van der Waals surface area contributed by atoms with Crippen molar-refractivity contribution in [2.24, 2.45) is 5.73 Å². The van der Waals surface area contributed by atoms with Crippen LogP contribution in [0.5, 0.6) is 0 Å². The van der Waals surface area contributed by atoms with Crippen molar-refractivity contribution in [3.63, 3.8) is 0 Å². The first-order chi connectivity index (χ1) is 4.22. The van der Waals surface area contributed by atoms with Crippen LogP contribution in [0.15, 0.2) is 0 Å². The molecule has 0 heterocycles. The van der Waals surface area contributed by atoms with E-state index in [-0.39, 0.29) is 6.23 Å². The summed E-state index contributed by atoms with van der Waals surface area (Å²) in [5.74, 6) is 0. The van der Waals surface area contributed by atoms with Crippen LogP contribution < -0.4 is 5.73 Å². The molecular weight excluding hydrogens is 116 g/mol. The fourth-order valence-electron chi connectivity index (χ4n) is 0.664. The van der Waals surface area contributed by atoms with E-state index in [2.05, 4.69) is 0 Å². The molecule has 0 fully saturated rings. The number of hydrogen-bond acceptors (Lipinski definition) is 3. The molecular formula is C6H16N2O. The summed E-state index contributed by atoms with van der Waals surface area (Å²) in [5.41, 5.74) is 5.27. The number of likely N-dealkylation sites (N-methyl/N-ethyl adjacent to an activating group) is 1. The third-order valence-electron chi connectivity index (χ3n) is 1.36. The molecule has 0 aliphatic carbocycles. The van der Waals surface area contributed by atoms with Gasteiger partial charge >= 0.3 is 0 Å². The van der Waals surface area contributed by atoms with Gasteiger partial charge in [0.15, 0.2) is 0 Å². The van der Waals surface area contributed by atoms with Crippen LogP contribution in [0.4, 0.5) is 0 Å². The van der Waals surface area contributed by atoms with E-state index in [1.165, 1.54) is 0 Å². The van der Waals surface area contributed by atoms with Crippen molar-refractivity contribution in [2.75, 3.05) is 20.1 Å². The third-order valence-corrected chi connectivity index (χ3v) is 1.36. The minimum absolute atomic E-state index is 0.325. The van der Waals surface area contributed by atoms with Crippen LogP contribution in [0, 0.1) is 0 Å². The SMILES string of the molecule is CC[C@@H](O)N(C)CCN. The molecule has 0 aromatic rings. The molecule has 0 saturated carbocycles. The lowest BCUT2D eigenvalue weighted by Crippen LogP contribution is -2.34. The van der Waals surface area contributed by atoms with Crippen molar-refractivity contribution in [2.45, 2.75) is 19.6 Å². The second kappa shape index (κ2) is 4.73. The largest absolute Gasteiger partial charge is 0.378 e. The molecule has 0 rings (SSSR count). The van der Waals surface area contributed by atoms with Crippen LogP contribution in [-0.2, 0) is 0 Å². The zero-order chi connectivity index (χ0) is 7.28. The minimum atomic E-state index is -0.325. The zero-order valence-corrected chi connectivity index (χ0v) is 6.17. The summed E-state index contributed by atoms with van der Waals surface area (Å²) in [6.45, 7) is 3.31. The molecule has 3 nitrogen and oxygen atoms in total. The standard InChI is InChI=1S/C6H16N2O/c1-3-6(9)8(2)5-4-7/h6,9H,3-5,7H2,1-2H3/t6-/m1/s1. The Hall–Kier alpha value is -0.120. The van der Waals surface area contributed by atoms with Crippen LogP contribution in [0.25, 0.3) is 0 Å². The summed E-state index contributed by atoms with van der Waals surface area (Å²) in [6, 6.07) is 0. The van der Waals surface area contributed by atoms with Gasteiger partial charge in [-0.1, -0.05) is 6.92 Å². The average molecular weight is 132 g/mol. The van der Waals surface area contributed by atoms with E-state index in [1.807, 2.05) is 18.9 Å². The van der Waals surface area contributed by atoms with E-state index in [1.54, 1.807) is 0 Å². The van der Waals surface area contributed by atoms with Gasteiger partial charge < -0.3 is 10.8 Å². The molecule has 9 heavy (non-hydrogen) atoms. The Morgan fingerprint density at radius 3 is 2.56 bits per heavy atom. The number of nitrogens with zero attached hydrogens (tertiary/aromatic N) is 1. The molecule has 0 aliphatic rings. The molecule has 3 N–H and O–H groups in total. The Morgan fingerprint density at radius 1 is 1.67 bits per heavy atom. The molecule has 1 atom stereocenters. The summed E-state index contributed by atoms with van der Waals surface area (Å²) in [5, 5.41) is 9.13. The molecule has 0 bridgehead atoms. The Kier molecular flexibility index (Phi) is 4.67. The van der Waals surface area contributed by atoms with E-state index in [0.29, 0.717) is 6.54 Å². The van der Waals surface area contributed by atoms with Gasteiger partial charge in [-0.15, -0.1) is 0 Å². The molecule has 0 amide bonds. The summed E-state index contributed by atoms with van der Waals surface area (Å²) in [4.78, 5) is 1.83. The highest BCUT2D eigenvalue weighted by Gasteiger charge is 2.05. The highest BCUT2D eigenvalue weighted by molar-refractivity contribution is 4.53. The number of hydrogen-bond donors (Lipinski definition) is 2. The topological polar surface area (TPSA) is 49.5 Å². The quantitative estimate of drug-likeness (QED) is 0.512. The predicted molar refractivity (Wildman–Crippen MR) is 38.0 cm³/mol. The van der Waals surface area contributed by atoms with Gasteiger partial charge in [-0.05, 0) is 13.5 Å². The molecule has 3 heteroatoms. The number of aliphatic hydroxyl groups is 1. The normalized spacial score (nSPS) is 14.3. The second-order valence-corrected chi connectivity index (χ2v) is 2.16. The van der Waals surface area contributed by atoms with Crippen LogP contribution in [0.3, 0.4) is 0 Å². The lowest BCUT2D eigenvalue weighted by atomic mass is 10.4. The van der Waals surface area contributed by atoms with E-state index in [4.69, 9.17) is 10.8 Å². The van der Waals surface area contributed by atoms with Gasteiger partial charge in [0.2, 0.25) is 0 Å². The summed E-state index contributed by atoms with van der Waals surface area (Å²) in [7, 11) is 1.86. The van der Waals surface area contributed by atoms with Crippen LogP contribution in [-0.4, -0.2) is 36.4 Å². The minimum Gasteiger partial charge on any atom is -0.378 e. The highest BCUT2D eigenvalue weighted by atomic mass is 16.3. The Balaban J connectivity index is 3.32. The number of aliphatic hydroxyl groups excluding tert-OH is 1. The first-order valence-corrected chi connectivity index (χ1v) is 3.30. The van der Waals surface area contributed by atoms with E-state index in [9.17, 15) is 0 Å². The molecule has 0 saturated heterocycles. The van der Waals surface area contributed by atoms with Crippen molar-refractivity contribution in [3.8, 4) is 0 Å². The van der Waals surface area contributed by atoms with Gasteiger partial charge in [-0.3, -0.25) is 4.90 Å². The molecule has 56 valence electrons. The van der Waals surface area contributed by atoms with Gasteiger partial charge in [-0.2, -0.15) is 0 Å². The molecule has 0 radical (unpaired) electrons. The molecule has 0 aliphatic heterocycles. The van der Waals surface area contributed by atoms with E-state index < -0.39 is 0 Å². The lowest BCUT2D eigenvalue weighted by Gasteiger charge is -2.20. The van der Waals surface area contributed by atoms with Crippen molar-refractivity contribution in [1.29, 1.82) is 0 Å². The third kappa shape index (κ3) is 3.46. The summed E-state index contributed by atoms with van der Waals surface area (Å²) >= 11 is 0. The van der Waals surface area contributed by atoms with E-state index >= 15 is 0 Å². The summed E-state index contributed by atoms with van der Waals surface area (Å²) in [6.07, 6.45) is 0.435. The molecule has 0 aromatic carbocycles. The lowest BCUT2D eigenvalue weighted by molar-refractivity contribution is 0.0218. The van der Waals surface area contributed by atoms with Gasteiger partial charge in [0.1, 0.15) is 6.23 Å².